The van der Waals surface area contributed by atoms with Gasteiger partial charge in [-0.15, -0.1) is 0 Å². The van der Waals surface area contributed by atoms with Crippen molar-refractivity contribution in [3.05, 3.63) is 51.5 Å². The number of ether oxygens (including phenoxy) is 2. The molecule has 0 N–H and O–H groups in total. The number of aryl methyl sites for hydroxylation is 2. The van der Waals surface area contributed by atoms with Gasteiger partial charge in [-0.2, -0.15) is 0 Å². The lowest BCUT2D eigenvalue weighted by atomic mass is 9.99. The van der Waals surface area contributed by atoms with Crippen LogP contribution in [0.25, 0.3) is 11.1 Å². The third kappa shape index (κ3) is 3.41. The molecule has 0 aromatic heterocycles. The van der Waals surface area contributed by atoms with E-state index in [1.165, 1.54) is 7.11 Å². The smallest absolute Gasteiger partial charge is 0.188 e. The Kier molecular flexibility index (Phi) is 4.96. The van der Waals surface area contributed by atoms with Gasteiger partial charge in [0, 0.05) is 22.7 Å². The molecule has 2 nitrogen and oxygen atoms in total. The fraction of sp³-hybridized carbons (Fsp3) is 0.250. The first kappa shape index (κ1) is 15.9. The van der Waals surface area contributed by atoms with Crippen molar-refractivity contribution in [2.24, 2.45) is 0 Å². The van der Waals surface area contributed by atoms with Crippen LogP contribution < -0.4 is 4.74 Å². The minimum atomic E-state index is -0.898. The Labute approximate surface area is 130 Å². The van der Waals surface area contributed by atoms with Crippen LogP contribution in [0.5, 0.6) is 5.75 Å². The van der Waals surface area contributed by atoms with Crippen LogP contribution in [0, 0.1) is 25.5 Å². The highest BCUT2D eigenvalue weighted by molar-refractivity contribution is 9.10. The molecular weight excluding hydrogens is 342 g/mol. The first-order valence-electron chi connectivity index (χ1n) is 6.32. The summed E-state index contributed by atoms with van der Waals surface area (Å²) in [6.07, 6.45) is 0. The largest absolute Gasteiger partial charge is 0.467 e. The van der Waals surface area contributed by atoms with E-state index in [0.29, 0.717) is 21.3 Å². The number of halogens is 3. The monoisotopic (exact) mass is 356 g/mol. The molecule has 21 heavy (non-hydrogen) atoms. The zero-order valence-corrected chi connectivity index (χ0v) is 13.6. The molecular formula is C16H15BrF2O2. The standard InChI is InChI=1S/C16H15BrF2O2/c1-9-4-10(2)16(21-8-20-3)12(5-9)11-6-14(18)15(19)7-13(11)17/h4-7H,8H2,1-3H3. The molecule has 2 aromatic rings. The summed E-state index contributed by atoms with van der Waals surface area (Å²) in [4.78, 5) is 0. The molecule has 2 rings (SSSR count). The van der Waals surface area contributed by atoms with Crippen molar-refractivity contribution >= 4 is 15.9 Å². The van der Waals surface area contributed by atoms with Crippen LogP contribution in [0.3, 0.4) is 0 Å². The van der Waals surface area contributed by atoms with Gasteiger partial charge in [0.05, 0.1) is 0 Å². The first-order chi connectivity index (χ1) is 9.93. The normalized spacial score (nSPS) is 10.8. The van der Waals surface area contributed by atoms with Gasteiger partial charge in [0.1, 0.15) is 5.75 Å². The van der Waals surface area contributed by atoms with E-state index in [0.717, 1.165) is 23.3 Å². The number of hydrogen-bond acceptors (Lipinski definition) is 2. The van der Waals surface area contributed by atoms with Crippen molar-refractivity contribution in [3.63, 3.8) is 0 Å². The van der Waals surface area contributed by atoms with Crippen molar-refractivity contribution in [1.82, 2.24) is 0 Å². The van der Waals surface area contributed by atoms with Crippen molar-refractivity contribution in [2.75, 3.05) is 13.9 Å². The molecule has 0 aliphatic heterocycles. The lowest BCUT2D eigenvalue weighted by Gasteiger charge is -2.16. The fourth-order valence-corrected chi connectivity index (χ4v) is 2.72. The van der Waals surface area contributed by atoms with Gasteiger partial charge in [0.2, 0.25) is 0 Å². The molecule has 0 heterocycles. The van der Waals surface area contributed by atoms with E-state index in [4.69, 9.17) is 9.47 Å². The molecule has 5 heteroatoms. The Balaban J connectivity index is 2.64. The van der Waals surface area contributed by atoms with E-state index in [2.05, 4.69) is 15.9 Å². The van der Waals surface area contributed by atoms with E-state index in [1.54, 1.807) is 0 Å². The molecule has 0 unspecified atom stereocenters. The van der Waals surface area contributed by atoms with Gasteiger partial charge in [-0.1, -0.05) is 22.0 Å². The minimum absolute atomic E-state index is 0.0815. The van der Waals surface area contributed by atoms with Gasteiger partial charge in [-0.05, 0) is 43.2 Å². The molecule has 0 bridgehead atoms. The average molecular weight is 357 g/mol. The van der Waals surface area contributed by atoms with Gasteiger partial charge < -0.3 is 9.47 Å². The van der Waals surface area contributed by atoms with Crippen LogP contribution >= 0.6 is 15.9 Å². The van der Waals surface area contributed by atoms with E-state index in [1.807, 2.05) is 26.0 Å². The maximum atomic E-state index is 13.6. The summed E-state index contributed by atoms with van der Waals surface area (Å²) in [7, 11) is 1.52. The average Bonchev–Trinajstić information content (AvgIpc) is 2.41. The second kappa shape index (κ2) is 6.54. The number of methoxy groups -OCH3 is 1. The van der Waals surface area contributed by atoms with Crippen molar-refractivity contribution in [2.45, 2.75) is 13.8 Å². The molecule has 2 aromatic carbocycles. The third-order valence-electron chi connectivity index (χ3n) is 3.04. The Morgan fingerprint density at radius 2 is 1.67 bits per heavy atom. The number of rotatable bonds is 4. The molecule has 0 aliphatic carbocycles. The molecule has 0 radical (unpaired) electrons. The number of benzene rings is 2. The van der Waals surface area contributed by atoms with E-state index < -0.39 is 11.6 Å². The maximum absolute atomic E-state index is 13.6. The van der Waals surface area contributed by atoms with Gasteiger partial charge in [-0.3, -0.25) is 0 Å². The Morgan fingerprint density at radius 3 is 2.33 bits per heavy atom. The molecule has 0 saturated carbocycles. The molecule has 0 spiro atoms. The summed E-state index contributed by atoms with van der Waals surface area (Å²) in [6.45, 7) is 3.91. The predicted octanol–water partition coefficient (Wildman–Crippen LogP) is 4.99. The molecule has 0 aliphatic rings. The Hall–Kier alpha value is -1.46. The zero-order valence-electron chi connectivity index (χ0n) is 12.0. The first-order valence-corrected chi connectivity index (χ1v) is 7.11. The SMILES string of the molecule is COCOc1c(C)cc(C)cc1-c1cc(F)c(F)cc1Br. The van der Waals surface area contributed by atoms with Crippen molar-refractivity contribution in [1.29, 1.82) is 0 Å². The van der Waals surface area contributed by atoms with Gasteiger partial charge >= 0.3 is 0 Å². The Bertz CT molecular complexity index is 672. The molecule has 0 fully saturated rings. The van der Waals surface area contributed by atoms with E-state index in [-0.39, 0.29) is 6.79 Å². The molecule has 112 valence electrons. The van der Waals surface area contributed by atoms with Crippen LogP contribution in [0.1, 0.15) is 11.1 Å². The van der Waals surface area contributed by atoms with Crippen LogP contribution in [-0.4, -0.2) is 13.9 Å². The lowest BCUT2D eigenvalue weighted by Crippen LogP contribution is -2.03. The molecule has 0 saturated heterocycles. The van der Waals surface area contributed by atoms with Crippen LogP contribution in [-0.2, 0) is 4.74 Å². The van der Waals surface area contributed by atoms with E-state index in [9.17, 15) is 8.78 Å². The lowest BCUT2D eigenvalue weighted by molar-refractivity contribution is 0.0510. The van der Waals surface area contributed by atoms with Gasteiger partial charge in [-0.25, -0.2) is 8.78 Å². The highest BCUT2D eigenvalue weighted by Gasteiger charge is 2.16. The van der Waals surface area contributed by atoms with Gasteiger partial charge in [0.25, 0.3) is 0 Å². The minimum Gasteiger partial charge on any atom is -0.467 e. The van der Waals surface area contributed by atoms with Gasteiger partial charge in [0.15, 0.2) is 18.4 Å². The Morgan fingerprint density at radius 1 is 1.00 bits per heavy atom. The number of hydrogen-bond donors (Lipinski definition) is 0. The summed E-state index contributed by atoms with van der Waals surface area (Å²) in [5, 5.41) is 0. The van der Waals surface area contributed by atoms with E-state index >= 15 is 0 Å². The maximum Gasteiger partial charge on any atom is 0.188 e. The summed E-state index contributed by atoms with van der Waals surface area (Å²) < 4.78 is 37.8. The summed E-state index contributed by atoms with van der Waals surface area (Å²) in [6, 6.07) is 6.10. The second-order valence-electron chi connectivity index (χ2n) is 4.76. The quantitative estimate of drug-likeness (QED) is 0.567. The van der Waals surface area contributed by atoms with Crippen molar-refractivity contribution < 1.29 is 18.3 Å². The highest BCUT2D eigenvalue weighted by Crippen LogP contribution is 2.39. The third-order valence-corrected chi connectivity index (χ3v) is 3.70. The van der Waals surface area contributed by atoms with Crippen LogP contribution in [0.2, 0.25) is 0 Å². The fourth-order valence-electron chi connectivity index (χ4n) is 2.19. The zero-order chi connectivity index (χ0) is 15.6. The summed E-state index contributed by atoms with van der Waals surface area (Å²) >= 11 is 3.28. The second-order valence-corrected chi connectivity index (χ2v) is 5.61. The molecule has 0 amide bonds. The topological polar surface area (TPSA) is 18.5 Å². The van der Waals surface area contributed by atoms with Crippen LogP contribution in [0.15, 0.2) is 28.7 Å². The predicted molar refractivity (Wildman–Crippen MR) is 81.5 cm³/mol. The summed E-state index contributed by atoms with van der Waals surface area (Å²) in [5.74, 6) is -1.20. The highest BCUT2D eigenvalue weighted by atomic mass is 79.9. The molecule has 0 atom stereocenters. The summed E-state index contributed by atoms with van der Waals surface area (Å²) in [5.41, 5.74) is 3.13. The van der Waals surface area contributed by atoms with Crippen molar-refractivity contribution in [3.8, 4) is 16.9 Å². The van der Waals surface area contributed by atoms with Crippen LogP contribution in [0.4, 0.5) is 8.78 Å².